The molecular weight excluding hydrogens is 328 g/mol. The van der Waals surface area contributed by atoms with E-state index in [1.807, 2.05) is 0 Å². The summed E-state index contributed by atoms with van der Waals surface area (Å²) in [6.07, 6.45) is 11.0. The molecular formula is C22H40O4. The minimum atomic E-state index is -0.686. The van der Waals surface area contributed by atoms with Crippen LogP contribution >= 0.6 is 0 Å². The molecule has 0 aromatic rings. The van der Waals surface area contributed by atoms with Gasteiger partial charge >= 0.3 is 5.97 Å². The first-order chi connectivity index (χ1) is 12.2. The van der Waals surface area contributed by atoms with Gasteiger partial charge in [0, 0.05) is 6.42 Å². The average Bonchev–Trinajstić information content (AvgIpc) is 2.53. The summed E-state index contributed by atoms with van der Waals surface area (Å²) in [7, 11) is 0. The molecule has 0 aromatic carbocycles. The highest BCUT2D eigenvalue weighted by atomic mass is 16.5. The van der Waals surface area contributed by atoms with Crippen molar-refractivity contribution in [1.82, 2.24) is 0 Å². The van der Waals surface area contributed by atoms with Crippen LogP contribution in [-0.2, 0) is 14.3 Å². The van der Waals surface area contributed by atoms with E-state index < -0.39 is 5.97 Å². The SMILES string of the molecule is CC(C)=CCCC(C)CCC(=O)O.CC(C)=CCCC(C)CCOC=O. The fourth-order valence-electron chi connectivity index (χ4n) is 2.29. The van der Waals surface area contributed by atoms with Crippen molar-refractivity contribution in [3.63, 3.8) is 0 Å². The van der Waals surface area contributed by atoms with Crippen molar-refractivity contribution in [2.75, 3.05) is 6.61 Å². The van der Waals surface area contributed by atoms with Gasteiger partial charge in [0.25, 0.3) is 6.47 Å². The molecule has 0 radical (unpaired) electrons. The second kappa shape index (κ2) is 18.2. The minimum Gasteiger partial charge on any atom is -0.481 e. The molecule has 0 bridgehead atoms. The predicted molar refractivity (Wildman–Crippen MR) is 109 cm³/mol. The highest BCUT2D eigenvalue weighted by Gasteiger charge is 2.04. The Kier molecular flexibility index (Phi) is 18.7. The lowest BCUT2D eigenvalue weighted by atomic mass is 9.99. The molecule has 2 unspecified atom stereocenters. The van der Waals surface area contributed by atoms with E-state index in [2.05, 4.69) is 58.4 Å². The summed E-state index contributed by atoms with van der Waals surface area (Å²) in [5.74, 6) is 0.469. The van der Waals surface area contributed by atoms with Gasteiger partial charge in [-0.1, -0.05) is 37.1 Å². The predicted octanol–water partition coefficient (Wildman–Crippen LogP) is 6.17. The lowest BCUT2D eigenvalue weighted by Gasteiger charge is -2.08. The van der Waals surface area contributed by atoms with E-state index in [-0.39, 0.29) is 0 Å². The van der Waals surface area contributed by atoms with E-state index in [1.54, 1.807) is 0 Å². The third-order valence-electron chi connectivity index (χ3n) is 4.07. The number of carboxylic acid groups (broad SMARTS) is 1. The van der Waals surface area contributed by atoms with Crippen LogP contribution in [0, 0.1) is 11.8 Å². The number of allylic oxidation sites excluding steroid dienone is 4. The number of rotatable bonds is 13. The van der Waals surface area contributed by atoms with Crippen LogP contribution in [0.5, 0.6) is 0 Å². The molecule has 0 spiro atoms. The van der Waals surface area contributed by atoms with Crippen molar-refractivity contribution >= 4 is 12.4 Å². The number of hydrogen-bond donors (Lipinski definition) is 1. The van der Waals surface area contributed by atoms with E-state index in [0.29, 0.717) is 31.3 Å². The molecule has 0 aliphatic heterocycles. The average molecular weight is 369 g/mol. The topological polar surface area (TPSA) is 63.6 Å². The van der Waals surface area contributed by atoms with E-state index in [4.69, 9.17) is 5.11 Å². The Morgan fingerprint density at radius 1 is 0.885 bits per heavy atom. The number of carbonyl (C=O) groups is 2. The number of carbonyl (C=O) groups excluding carboxylic acids is 1. The van der Waals surface area contributed by atoms with Gasteiger partial charge in [-0.05, 0) is 78.1 Å². The van der Waals surface area contributed by atoms with Gasteiger partial charge < -0.3 is 9.84 Å². The summed E-state index contributed by atoms with van der Waals surface area (Å²) >= 11 is 0. The summed E-state index contributed by atoms with van der Waals surface area (Å²) in [5.41, 5.74) is 2.71. The van der Waals surface area contributed by atoms with Crippen molar-refractivity contribution in [3.8, 4) is 0 Å². The molecule has 0 aromatic heterocycles. The number of aliphatic carboxylic acids is 1. The molecule has 1 N–H and O–H groups in total. The second-order valence-electron chi connectivity index (χ2n) is 7.62. The van der Waals surface area contributed by atoms with Crippen LogP contribution in [0.25, 0.3) is 0 Å². The Morgan fingerprint density at radius 2 is 1.35 bits per heavy atom. The standard InChI is InChI=1S/2C11H20O2/c1-10(2)5-4-6-11(3)7-8-13-9-12;1-9(2)5-4-6-10(3)7-8-11(12)13/h5,9,11H,4,6-8H2,1-3H3;5,10H,4,6-8H2,1-3H3,(H,12,13). The number of hydrogen-bond acceptors (Lipinski definition) is 3. The van der Waals surface area contributed by atoms with Crippen LogP contribution in [0.4, 0.5) is 0 Å². The van der Waals surface area contributed by atoms with Crippen molar-refractivity contribution in [3.05, 3.63) is 23.3 Å². The summed E-state index contributed by atoms with van der Waals surface area (Å²) in [4.78, 5) is 20.1. The van der Waals surface area contributed by atoms with Crippen LogP contribution in [-0.4, -0.2) is 24.2 Å². The zero-order valence-corrected chi connectivity index (χ0v) is 17.7. The smallest absolute Gasteiger partial charge is 0.303 e. The van der Waals surface area contributed by atoms with Gasteiger partial charge in [-0.25, -0.2) is 0 Å². The maximum absolute atomic E-state index is 10.3. The van der Waals surface area contributed by atoms with E-state index in [0.717, 1.165) is 32.1 Å². The van der Waals surface area contributed by atoms with Gasteiger partial charge in [0.15, 0.2) is 0 Å². The van der Waals surface area contributed by atoms with Crippen LogP contribution in [0.15, 0.2) is 23.3 Å². The summed E-state index contributed by atoms with van der Waals surface area (Å²) in [5, 5.41) is 8.46. The van der Waals surface area contributed by atoms with Crippen LogP contribution < -0.4 is 0 Å². The first-order valence-corrected chi connectivity index (χ1v) is 9.72. The number of carboxylic acids is 1. The van der Waals surface area contributed by atoms with Gasteiger partial charge in [-0.15, -0.1) is 0 Å². The molecule has 0 fully saturated rings. The molecule has 4 heteroatoms. The Hall–Kier alpha value is -1.58. The molecule has 0 rings (SSSR count). The van der Waals surface area contributed by atoms with Gasteiger partial charge in [-0.3, -0.25) is 9.59 Å². The normalized spacial score (nSPS) is 12.1. The quantitative estimate of drug-likeness (QED) is 0.240. The van der Waals surface area contributed by atoms with Crippen molar-refractivity contribution < 1.29 is 19.4 Å². The maximum Gasteiger partial charge on any atom is 0.303 e. The third kappa shape index (κ3) is 24.7. The molecule has 26 heavy (non-hydrogen) atoms. The lowest BCUT2D eigenvalue weighted by molar-refractivity contribution is -0.137. The number of ether oxygens (including phenoxy) is 1. The summed E-state index contributed by atoms with van der Waals surface area (Å²) < 4.78 is 4.64. The Balaban J connectivity index is 0. The molecule has 2 atom stereocenters. The van der Waals surface area contributed by atoms with Crippen LogP contribution in [0.3, 0.4) is 0 Å². The zero-order chi connectivity index (χ0) is 20.4. The fourth-order valence-corrected chi connectivity index (χ4v) is 2.29. The molecule has 0 amide bonds. The molecule has 152 valence electrons. The van der Waals surface area contributed by atoms with Crippen LogP contribution in [0.1, 0.15) is 86.5 Å². The second-order valence-corrected chi connectivity index (χ2v) is 7.62. The van der Waals surface area contributed by atoms with Gasteiger partial charge in [0.1, 0.15) is 0 Å². The Morgan fingerprint density at radius 3 is 1.73 bits per heavy atom. The third-order valence-corrected chi connectivity index (χ3v) is 4.07. The molecule has 0 saturated heterocycles. The fraction of sp³-hybridized carbons (Fsp3) is 0.727. The monoisotopic (exact) mass is 368 g/mol. The lowest BCUT2D eigenvalue weighted by Crippen LogP contribution is -2.00. The zero-order valence-electron chi connectivity index (χ0n) is 17.7. The molecule has 0 aliphatic carbocycles. The van der Waals surface area contributed by atoms with Gasteiger partial charge in [0.2, 0.25) is 0 Å². The maximum atomic E-state index is 10.3. The highest BCUT2D eigenvalue weighted by molar-refractivity contribution is 5.66. The summed E-state index contributed by atoms with van der Waals surface area (Å²) in [6, 6.07) is 0. The van der Waals surface area contributed by atoms with Crippen molar-refractivity contribution in [2.24, 2.45) is 11.8 Å². The van der Waals surface area contributed by atoms with E-state index in [9.17, 15) is 9.59 Å². The van der Waals surface area contributed by atoms with E-state index in [1.165, 1.54) is 17.6 Å². The van der Waals surface area contributed by atoms with E-state index >= 15 is 0 Å². The Labute approximate surface area is 160 Å². The first-order valence-electron chi connectivity index (χ1n) is 9.72. The first kappa shape index (κ1) is 26.6. The molecule has 4 nitrogen and oxygen atoms in total. The largest absolute Gasteiger partial charge is 0.481 e. The summed E-state index contributed by atoms with van der Waals surface area (Å²) in [6.45, 7) is 13.8. The molecule has 0 saturated carbocycles. The van der Waals surface area contributed by atoms with Crippen LogP contribution in [0.2, 0.25) is 0 Å². The van der Waals surface area contributed by atoms with Gasteiger partial charge in [0.05, 0.1) is 6.61 Å². The molecule has 0 aliphatic rings. The Bertz CT molecular complexity index is 416. The molecule has 0 heterocycles. The van der Waals surface area contributed by atoms with Crippen molar-refractivity contribution in [1.29, 1.82) is 0 Å². The van der Waals surface area contributed by atoms with Gasteiger partial charge in [-0.2, -0.15) is 0 Å². The highest BCUT2D eigenvalue weighted by Crippen LogP contribution is 2.13. The minimum absolute atomic E-state index is 0.302. The van der Waals surface area contributed by atoms with Crippen molar-refractivity contribution in [2.45, 2.75) is 86.5 Å².